The molecule has 1 N–H and O–H groups in total. The van der Waals surface area contributed by atoms with E-state index in [-0.39, 0.29) is 5.56 Å². The first-order valence-electron chi connectivity index (χ1n) is 9.10. The SMILES string of the molecule is CCCOc1ccccc1-c1nc2c(CCC)cn(C)c2c(=O)[nH]1.O=S(=O)(Cl)Cl. The quantitative estimate of drug-likeness (QED) is 0.551. The van der Waals surface area contributed by atoms with Crippen molar-refractivity contribution in [2.75, 3.05) is 6.61 Å². The summed E-state index contributed by atoms with van der Waals surface area (Å²) in [6, 6.07) is 7.69. The molecule has 3 aromatic rings. The molecule has 1 aromatic carbocycles. The summed E-state index contributed by atoms with van der Waals surface area (Å²) >= 11 is 0. The first-order chi connectivity index (χ1) is 13.7. The first kappa shape index (κ1) is 23.3. The number of H-pyrrole nitrogens is 1. The van der Waals surface area contributed by atoms with Crippen LogP contribution in [0.2, 0.25) is 0 Å². The Bertz CT molecular complexity index is 1130. The number of aromatic amines is 1. The van der Waals surface area contributed by atoms with Gasteiger partial charge in [0.25, 0.3) is 5.56 Å². The van der Waals surface area contributed by atoms with Gasteiger partial charge < -0.3 is 14.3 Å². The molecule has 0 radical (unpaired) electrons. The molecule has 29 heavy (non-hydrogen) atoms. The van der Waals surface area contributed by atoms with Crippen molar-refractivity contribution < 1.29 is 13.2 Å². The second-order valence-corrected chi connectivity index (χ2v) is 10.0. The van der Waals surface area contributed by atoms with Crippen LogP contribution in [0.3, 0.4) is 0 Å². The lowest BCUT2D eigenvalue weighted by atomic mass is 10.1. The highest BCUT2D eigenvalue weighted by Gasteiger charge is 2.15. The monoisotopic (exact) mass is 459 g/mol. The number of para-hydroxylation sites is 1. The van der Waals surface area contributed by atoms with E-state index >= 15 is 0 Å². The van der Waals surface area contributed by atoms with Crippen molar-refractivity contribution in [1.29, 1.82) is 0 Å². The average Bonchev–Trinajstić information content (AvgIpc) is 2.95. The maximum Gasteiger partial charge on any atom is 0.317 e. The molecule has 0 unspecified atom stereocenters. The van der Waals surface area contributed by atoms with Gasteiger partial charge in [0, 0.05) is 34.6 Å². The summed E-state index contributed by atoms with van der Waals surface area (Å²) in [4.78, 5) is 20.2. The molecule has 3 rings (SSSR count). The van der Waals surface area contributed by atoms with Crippen LogP contribution in [0.5, 0.6) is 5.75 Å². The van der Waals surface area contributed by atoms with Crippen molar-refractivity contribution in [3.8, 4) is 17.1 Å². The number of ether oxygens (including phenoxy) is 1. The van der Waals surface area contributed by atoms with E-state index in [1.165, 1.54) is 0 Å². The highest BCUT2D eigenvalue weighted by Crippen LogP contribution is 2.28. The number of aryl methyl sites for hydroxylation is 2. The summed E-state index contributed by atoms with van der Waals surface area (Å²) < 4.78 is 26.0. The maximum absolute atomic E-state index is 12.6. The number of hydrogen-bond acceptors (Lipinski definition) is 5. The lowest BCUT2D eigenvalue weighted by Gasteiger charge is -2.10. The number of nitrogens with one attached hydrogen (secondary N) is 1. The van der Waals surface area contributed by atoms with E-state index in [0.29, 0.717) is 17.9 Å². The molecule has 0 spiro atoms. The average molecular weight is 460 g/mol. The number of aromatic nitrogens is 3. The third-order valence-corrected chi connectivity index (χ3v) is 4.02. The van der Waals surface area contributed by atoms with E-state index in [9.17, 15) is 4.79 Å². The van der Waals surface area contributed by atoms with E-state index < -0.39 is 8.26 Å². The number of benzene rings is 1. The largest absolute Gasteiger partial charge is 0.493 e. The van der Waals surface area contributed by atoms with E-state index in [1.807, 2.05) is 42.1 Å². The molecule has 0 aliphatic carbocycles. The number of hydrogen-bond donors (Lipinski definition) is 1. The normalized spacial score (nSPS) is 11.2. The third-order valence-electron chi connectivity index (χ3n) is 4.02. The van der Waals surface area contributed by atoms with Gasteiger partial charge in [-0.25, -0.2) is 4.98 Å². The minimum Gasteiger partial charge on any atom is -0.493 e. The van der Waals surface area contributed by atoms with E-state index in [1.54, 1.807) is 0 Å². The van der Waals surface area contributed by atoms with Crippen molar-refractivity contribution in [2.24, 2.45) is 7.05 Å². The molecule has 10 heteroatoms. The molecule has 0 saturated heterocycles. The van der Waals surface area contributed by atoms with E-state index in [4.69, 9.17) is 18.1 Å². The predicted octanol–water partition coefficient (Wildman–Crippen LogP) is 4.38. The highest BCUT2D eigenvalue weighted by atomic mass is 36.0. The fourth-order valence-electron chi connectivity index (χ4n) is 2.96. The Balaban J connectivity index is 0.000000537. The summed E-state index contributed by atoms with van der Waals surface area (Å²) in [5.41, 5.74) is 3.20. The number of rotatable bonds is 6. The summed E-state index contributed by atoms with van der Waals surface area (Å²) in [7, 11) is 6.70. The summed E-state index contributed by atoms with van der Waals surface area (Å²) in [6.45, 7) is 4.83. The molecule has 2 heterocycles. The van der Waals surface area contributed by atoms with Crippen molar-refractivity contribution >= 4 is 40.7 Å². The van der Waals surface area contributed by atoms with Gasteiger partial charge in [-0.15, -0.1) is 0 Å². The smallest absolute Gasteiger partial charge is 0.317 e. The maximum atomic E-state index is 12.6. The Kier molecular flexibility index (Phi) is 8.13. The predicted molar refractivity (Wildman–Crippen MR) is 117 cm³/mol. The van der Waals surface area contributed by atoms with Gasteiger partial charge in [-0.3, -0.25) is 4.79 Å². The van der Waals surface area contributed by atoms with Crippen LogP contribution in [-0.4, -0.2) is 29.6 Å². The van der Waals surface area contributed by atoms with Crippen molar-refractivity contribution in [1.82, 2.24) is 14.5 Å². The zero-order valence-electron chi connectivity index (χ0n) is 16.4. The van der Waals surface area contributed by atoms with Crippen molar-refractivity contribution in [3.63, 3.8) is 0 Å². The zero-order valence-corrected chi connectivity index (χ0v) is 18.7. The van der Waals surface area contributed by atoms with Gasteiger partial charge in [0.2, 0.25) is 0 Å². The molecular formula is C19H23Cl2N3O4S. The molecule has 158 valence electrons. The standard InChI is InChI=1S/C19H23N3O2.Cl2O2S/c1-4-8-13-12-22(3)17-16(13)20-18(21-19(17)23)14-9-6-7-10-15(14)24-11-5-2;1-5(2,3)4/h6-7,9-10,12H,4-5,8,11H2,1-3H3,(H,20,21,23);. The van der Waals surface area contributed by atoms with Gasteiger partial charge in [0.1, 0.15) is 17.1 Å². The minimum atomic E-state index is -3.72. The lowest BCUT2D eigenvalue weighted by Crippen LogP contribution is -2.12. The number of fused-ring (bicyclic) bond motifs is 1. The van der Waals surface area contributed by atoms with Gasteiger partial charge in [0.05, 0.1) is 17.7 Å². The fraction of sp³-hybridized carbons (Fsp3) is 0.368. The number of halogens is 2. The second kappa shape index (κ2) is 10.1. The first-order valence-corrected chi connectivity index (χ1v) is 12.2. The van der Waals surface area contributed by atoms with Gasteiger partial charge in [-0.05, 0) is 30.5 Å². The lowest BCUT2D eigenvalue weighted by molar-refractivity contribution is 0.318. The van der Waals surface area contributed by atoms with Crippen LogP contribution in [0.15, 0.2) is 35.3 Å². The topological polar surface area (TPSA) is 94.1 Å². The summed E-state index contributed by atoms with van der Waals surface area (Å²) in [6.07, 6.45) is 4.84. The molecule has 0 atom stereocenters. The molecule has 2 aromatic heterocycles. The molecule has 0 aliphatic rings. The Morgan fingerprint density at radius 3 is 2.45 bits per heavy atom. The van der Waals surface area contributed by atoms with Crippen LogP contribution >= 0.6 is 21.4 Å². The van der Waals surface area contributed by atoms with Crippen LogP contribution in [0.1, 0.15) is 32.3 Å². The highest BCUT2D eigenvalue weighted by molar-refractivity contribution is 8.31. The van der Waals surface area contributed by atoms with Gasteiger partial charge in [0.15, 0.2) is 0 Å². The fourth-order valence-corrected chi connectivity index (χ4v) is 2.96. The van der Waals surface area contributed by atoms with Crippen LogP contribution in [0.4, 0.5) is 0 Å². The van der Waals surface area contributed by atoms with E-state index in [0.717, 1.165) is 41.7 Å². The summed E-state index contributed by atoms with van der Waals surface area (Å²) in [5.74, 6) is 1.30. The molecule has 0 aliphatic heterocycles. The Morgan fingerprint density at radius 2 is 1.83 bits per heavy atom. The molecule has 0 bridgehead atoms. The van der Waals surface area contributed by atoms with Crippen LogP contribution < -0.4 is 10.3 Å². The van der Waals surface area contributed by atoms with Gasteiger partial charge >= 0.3 is 8.26 Å². The van der Waals surface area contributed by atoms with Gasteiger partial charge in [-0.2, -0.15) is 8.42 Å². The Morgan fingerprint density at radius 1 is 1.17 bits per heavy atom. The van der Waals surface area contributed by atoms with Crippen LogP contribution in [-0.2, 0) is 21.7 Å². The molecule has 0 amide bonds. The third kappa shape index (κ3) is 6.48. The van der Waals surface area contributed by atoms with Gasteiger partial charge in [-0.1, -0.05) is 32.4 Å². The molecule has 0 saturated carbocycles. The summed E-state index contributed by atoms with van der Waals surface area (Å²) in [5, 5.41) is 0. The minimum absolute atomic E-state index is 0.120. The molecule has 7 nitrogen and oxygen atoms in total. The van der Waals surface area contributed by atoms with Crippen molar-refractivity contribution in [2.45, 2.75) is 33.1 Å². The number of nitrogens with zero attached hydrogens (tertiary/aromatic N) is 2. The second-order valence-electron chi connectivity index (χ2n) is 6.35. The Labute approximate surface area is 178 Å². The Hall–Kier alpha value is -2.03. The van der Waals surface area contributed by atoms with E-state index in [2.05, 4.69) is 40.2 Å². The van der Waals surface area contributed by atoms with Crippen molar-refractivity contribution in [3.05, 3.63) is 46.4 Å². The molecule has 0 fully saturated rings. The van der Waals surface area contributed by atoms with Crippen LogP contribution in [0, 0.1) is 0 Å². The zero-order chi connectivity index (χ0) is 21.6. The molecular weight excluding hydrogens is 437 g/mol. The van der Waals surface area contributed by atoms with Crippen LogP contribution in [0.25, 0.3) is 22.4 Å².